The van der Waals surface area contributed by atoms with Crippen molar-refractivity contribution in [3.63, 3.8) is 0 Å². The smallest absolute Gasteiger partial charge is 0.309 e. The molecule has 0 aromatic rings. The maximum absolute atomic E-state index is 12.7. The van der Waals surface area contributed by atoms with Gasteiger partial charge in [0, 0.05) is 6.42 Å². The maximum Gasteiger partial charge on any atom is 0.309 e. The van der Waals surface area contributed by atoms with Crippen LogP contribution in [0.2, 0.25) is 0 Å². The largest absolute Gasteiger partial charge is 0.481 e. The van der Waals surface area contributed by atoms with Crippen LogP contribution >= 0.6 is 0 Å². The van der Waals surface area contributed by atoms with Crippen LogP contribution < -0.4 is 0 Å². The SMILES string of the molecule is CC(C(=O)O)C1(O)C=CC(F)(F)CC1. The first kappa shape index (κ1) is 11.1. The van der Waals surface area contributed by atoms with E-state index in [0.29, 0.717) is 6.08 Å². The van der Waals surface area contributed by atoms with Crippen molar-refractivity contribution in [2.75, 3.05) is 0 Å². The fraction of sp³-hybridized carbons (Fsp3) is 0.667. The Labute approximate surface area is 80.0 Å². The first-order chi connectivity index (χ1) is 6.27. The number of aliphatic hydroxyl groups is 1. The van der Waals surface area contributed by atoms with Crippen molar-refractivity contribution in [3.8, 4) is 0 Å². The van der Waals surface area contributed by atoms with Gasteiger partial charge < -0.3 is 10.2 Å². The van der Waals surface area contributed by atoms with Crippen molar-refractivity contribution in [2.45, 2.75) is 31.3 Å². The molecule has 0 spiro atoms. The van der Waals surface area contributed by atoms with E-state index in [4.69, 9.17) is 5.11 Å². The Kier molecular flexibility index (Phi) is 2.63. The molecule has 0 fully saturated rings. The lowest BCUT2D eigenvalue weighted by molar-refractivity contribution is -0.149. The average Bonchev–Trinajstić information content (AvgIpc) is 2.09. The summed E-state index contributed by atoms with van der Waals surface area (Å²) in [6.45, 7) is 1.30. The molecular formula is C9H12F2O3. The van der Waals surface area contributed by atoms with E-state index in [2.05, 4.69) is 0 Å². The number of aliphatic carboxylic acids is 1. The molecule has 2 atom stereocenters. The zero-order valence-corrected chi connectivity index (χ0v) is 7.70. The van der Waals surface area contributed by atoms with Crippen molar-refractivity contribution in [3.05, 3.63) is 12.2 Å². The Morgan fingerprint density at radius 1 is 1.43 bits per heavy atom. The van der Waals surface area contributed by atoms with E-state index >= 15 is 0 Å². The molecule has 0 saturated carbocycles. The summed E-state index contributed by atoms with van der Waals surface area (Å²) in [5.41, 5.74) is -1.65. The van der Waals surface area contributed by atoms with Crippen LogP contribution in [0.5, 0.6) is 0 Å². The molecule has 0 aromatic carbocycles. The van der Waals surface area contributed by atoms with Crippen LogP contribution in [0.15, 0.2) is 12.2 Å². The minimum absolute atomic E-state index is 0.232. The summed E-state index contributed by atoms with van der Waals surface area (Å²) in [6.07, 6.45) is 0.729. The minimum Gasteiger partial charge on any atom is -0.481 e. The molecule has 80 valence electrons. The summed E-state index contributed by atoms with van der Waals surface area (Å²) >= 11 is 0. The Hall–Kier alpha value is -0.970. The monoisotopic (exact) mass is 206 g/mol. The Morgan fingerprint density at radius 2 is 2.00 bits per heavy atom. The number of halogens is 2. The van der Waals surface area contributed by atoms with Crippen LogP contribution in [-0.4, -0.2) is 27.7 Å². The topological polar surface area (TPSA) is 57.5 Å². The summed E-state index contributed by atoms with van der Waals surface area (Å²) in [5, 5.41) is 18.4. The molecule has 0 heterocycles. The van der Waals surface area contributed by atoms with Crippen molar-refractivity contribution in [2.24, 2.45) is 5.92 Å². The first-order valence-electron chi connectivity index (χ1n) is 4.30. The molecule has 2 unspecified atom stereocenters. The van der Waals surface area contributed by atoms with Crippen LogP contribution in [0.4, 0.5) is 8.78 Å². The molecule has 1 aliphatic rings. The zero-order chi connectivity index (χ0) is 11.0. The molecule has 0 radical (unpaired) electrons. The van der Waals surface area contributed by atoms with Gasteiger partial charge in [0.05, 0.1) is 11.5 Å². The number of carboxylic acids is 1. The van der Waals surface area contributed by atoms with Crippen LogP contribution in [0, 0.1) is 5.92 Å². The highest BCUT2D eigenvalue weighted by Gasteiger charge is 2.43. The van der Waals surface area contributed by atoms with Crippen molar-refractivity contribution < 1.29 is 23.8 Å². The fourth-order valence-electron chi connectivity index (χ4n) is 1.37. The Morgan fingerprint density at radius 3 is 2.36 bits per heavy atom. The van der Waals surface area contributed by atoms with Crippen LogP contribution in [0.1, 0.15) is 19.8 Å². The molecular weight excluding hydrogens is 194 g/mol. The van der Waals surface area contributed by atoms with E-state index in [0.717, 1.165) is 6.08 Å². The molecule has 0 aliphatic heterocycles. The van der Waals surface area contributed by atoms with Gasteiger partial charge in [-0.15, -0.1) is 0 Å². The second-order valence-electron chi connectivity index (χ2n) is 3.65. The number of alkyl halides is 2. The lowest BCUT2D eigenvalue weighted by Gasteiger charge is -2.33. The zero-order valence-electron chi connectivity index (χ0n) is 7.70. The second kappa shape index (κ2) is 3.31. The summed E-state index contributed by atoms with van der Waals surface area (Å²) in [7, 11) is 0. The number of carboxylic acid groups (broad SMARTS) is 1. The predicted molar refractivity (Wildman–Crippen MR) is 45.1 cm³/mol. The number of rotatable bonds is 2. The van der Waals surface area contributed by atoms with Crippen LogP contribution in [0.25, 0.3) is 0 Å². The van der Waals surface area contributed by atoms with E-state index in [1.807, 2.05) is 0 Å². The third-order valence-corrected chi connectivity index (χ3v) is 2.59. The standard InChI is InChI=1S/C9H12F2O3/c1-6(7(12)13)8(14)2-4-9(10,11)5-3-8/h2,4,6,14H,3,5H2,1H3,(H,12,13). The number of hydrogen-bond donors (Lipinski definition) is 2. The van der Waals surface area contributed by atoms with Gasteiger partial charge in [-0.2, -0.15) is 0 Å². The molecule has 1 rings (SSSR count). The third kappa shape index (κ3) is 2.09. The highest BCUT2D eigenvalue weighted by atomic mass is 19.3. The summed E-state index contributed by atoms with van der Waals surface area (Å²) < 4.78 is 25.3. The molecule has 1 aliphatic carbocycles. The Bertz CT molecular complexity index is 275. The molecule has 0 amide bonds. The summed E-state index contributed by atoms with van der Waals surface area (Å²) in [6, 6.07) is 0. The molecule has 14 heavy (non-hydrogen) atoms. The minimum atomic E-state index is -2.93. The third-order valence-electron chi connectivity index (χ3n) is 2.59. The van der Waals surface area contributed by atoms with E-state index in [1.54, 1.807) is 0 Å². The van der Waals surface area contributed by atoms with Gasteiger partial charge in [-0.1, -0.05) is 6.08 Å². The van der Waals surface area contributed by atoms with Crippen molar-refractivity contribution in [1.29, 1.82) is 0 Å². The van der Waals surface area contributed by atoms with Crippen LogP contribution in [0.3, 0.4) is 0 Å². The summed E-state index contributed by atoms with van der Waals surface area (Å²) in [5.74, 6) is -5.19. The van der Waals surface area contributed by atoms with Gasteiger partial charge in [0.15, 0.2) is 0 Å². The molecule has 0 saturated heterocycles. The lowest BCUT2D eigenvalue weighted by atomic mass is 9.80. The van der Waals surface area contributed by atoms with Crippen LogP contribution in [-0.2, 0) is 4.79 Å². The van der Waals surface area contributed by atoms with Gasteiger partial charge in [0.1, 0.15) is 0 Å². The first-order valence-corrected chi connectivity index (χ1v) is 4.30. The predicted octanol–water partition coefficient (Wildman–Crippen LogP) is 1.42. The fourth-order valence-corrected chi connectivity index (χ4v) is 1.37. The van der Waals surface area contributed by atoms with E-state index in [-0.39, 0.29) is 6.42 Å². The number of carbonyl (C=O) groups is 1. The molecule has 2 N–H and O–H groups in total. The second-order valence-corrected chi connectivity index (χ2v) is 3.65. The quantitative estimate of drug-likeness (QED) is 0.672. The maximum atomic E-state index is 12.7. The van der Waals surface area contributed by atoms with Gasteiger partial charge in [-0.05, 0) is 19.4 Å². The number of hydrogen-bond acceptors (Lipinski definition) is 2. The number of allylic oxidation sites excluding steroid dienone is 1. The normalized spacial score (nSPS) is 32.6. The van der Waals surface area contributed by atoms with Gasteiger partial charge in [-0.3, -0.25) is 4.79 Å². The molecule has 0 aromatic heterocycles. The van der Waals surface area contributed by atoms with Gasteiger partial charge in [0.25, 0.3) is 5.92 Å². The highest BCUT2D eigenvalue weighted by Crippen LogP contribution is 2.36. The molecule has 5 heteroatoms. The lowest BCUT2D eigenvalue weighted by Crippen LogP contribution is -2.42. The van der Waals surface area contributed by atoms with Gasteiger partial charge in [-0.25, -0.2) is 8.78 Å². The van der Waals surface area contributed by atoms with E-state index in [9.17, 15) is 18.7 Å². The van der Waals surface area contributed by atoms with E-state index < -0.39 is 29.8 Å². The Balaban J connectivity index is 2.84. The van der Waals surface area contributed by atoms with Crippen molar-refractivity contribution in [1.82, 2.24) is 0 Å². The highest BCUT2D eigenvalue weighted by molar-refractivity contribution is 5.71. The van der Waals surface area contributed by atoms with Crippen molar-refractivity contribution >= 4 is 5.97 Å². The average molecular weight is 206 g/mol. The van der Waals surface area contributed by atoms with E-state index in [1.165, 1.54) is 6.92 Å². The van der Waals surface area contributed by atoms with Gasteiger partial charge >= 0.3 is 5.97 Å². The van der Waals surface area contributed by atoms with Gasteiger partial charge in [0.2, 0.25) is 0 Å². The molecule has 3 nitrogen and oxygen atoms in total. The summed E-state index contributed by atoms with van der Waals surface area (Å²) in [4.78, 5) is 10.6. The molecule has 0 bridgehead atoms.